The summed E-state index contributed by atoms with van der Waals surface area (Å²) in [7, 11) is 0. The summed E-state index contributed by atoms with van der Waals surface area (Å²) in [6, 6.07) is 16.0. The van der Waals surface area contributed by atoms with E-state index in [4.69, 9.17) is 16.7 Å². The van der Waals surface area contributed by atoms with Gasteiger partial charge in [0.25, 0.3) is 0 Å². The Morgan fingerprint density at radius 1 is 1.19 bits per heavy atom. The number of fused-ring (bicyclic) bond motifs is 1. The number of nitrogens with one attached hydrogen (secondary N) is 1. The van der Waals surface area contributed by atoms with Crippen LogP contribution in [-0.2, 0) is 11.3 Å². The van der Waals surface area contributed by atoms with Gasteiger partial charge < -0.3 is 5.32 Å². The van der Waals surface area contributed by atoms with Crippen LogP contribution in [0.15, 0.2) is 48.5 Å². The van der Waals surface area contributed by atoms with Crippen molar-refractivity contribution in [2.45, 2.75) is 45.2 Å². The molecule has 5 heteroatoms. The molecule has 1 aliphatic carbocycles. The molecule has 1 aliphatic rings. The molecule has 1 heterocycles. The molecular weight excluding hydrogens is 358 g/mol. The number of hydrogen-bond donors (Lipinski definition) is 1. The van der Waals surface area contributed by atoms with Crippen molar-refractivity contribution in [3.8, 4) is 11.3 Å². The van der Waals surface area contributed by atoms with E-state index in [9.17, 15) is 4.79 Å². The maximum absolute atomic E-state index is 12.7. The molecular formula is C22H24ClN3O. The number of rotatable bonds is 4. The third-order valence-electron chi connectivity index (χ3n) is 5.51. The highest BCUT2D eigenvalue weighted by atomic mass is 35.5. The summed E-state index contributed by atoms with van der Waals surface area (Å²) in [6.45, 7) is 2.44. The average Bonchev–Trinajstić information content (AvgIpc) is 3.02. The predicted octanol–water partition coefficient (Wildman–Crippen LogP) is 5.05. The minimum Gasteiger partial charge on any atom is -0.351 e. The molecule has 3 aromatic rings. The van der Waals surface area contributed by atoms with Crippen LogP contribution in [-0.4, -0.2) is 21.7 Å². The number of carbonyl (C=O) groups is 1. The number of benzene rings is 2. The number of nitrogens with zero attached hydrogens (tertiary/aromatic N) is 2. The lowest BCUT2D eigenvalue weighted by Gasteiger charge is -2.29. The molecule has 4 nitrogen and oxygen atoms in total. The molecule has 0 radical (unpaired) electrons. The molecule has 2 aromatic carbocycles. The number of carbonyl (C=O) groups excluding carboxylic acids is 1. The van der Waals surface area contributed by atoms with Crippen molar-refractivity contribution in [3.63, 3.8) is 0 Å². The first kappa shape index (κ1) is 18.1. The fourth-order valence-corrected chi connectivity index (χ4v) is 4.17. The third kappa shape index (κ3) is 3.86. The molecule has 1 aromatic heterocycles. The molecule has 1 saturated carbocycles. The van der Waals surface area contributed by atoms with Gasteiger partial charge in [0.15, 0.2) is 0 Å². The van der Waals surface area contributed by atoms with Crippen molar-refractivity contribution in [2.75, 3.05) is 0 Å². The van der Waals surface area contributed by atoms with Crippen molar-refractivity contribution < 1.29 is 4.79 Å². The minimum atomic E-state index is 0.0210. The quantitative estimate of drug-likeness (QED) is 0.687. The van der Waals surface area contributed by atoms with Gasteiger partial charge in [-0.1, -0.05) is 61.7 Å². The second kappa shape index (κ2) is 7.73. The van der Waals surface area contributed by atoms with Crippen molar-refractivity contribution in [3.05, 3.63) is 53.6 Å². The number of hydrogen-bond acceptors (Lipinski definition) is 2. The normalized spacial score (nSPS) is 19.9. The van der Waals surface area contributed by atoms with Crippen LogP contribution < -0.4 is 5.32 Å². The van der Waals surface area contributed by atoms with Gasteiger partial charge in [-0.3, -0.25) is 9.48 Å². The van der Waals surface area contributed by atoms with Crippen LogP contribution in [0.1, 0.15) is 32.6 Å². The highest BCUT2D eigenvalue weighted by Gasteiger charge is 2.23. The molecule has 4 rings (SSSR count). The Morgan fingerprint density at radius 3 is 2.74 bits per heavy atom. The molecule has 0 aliphatic heterocycles. The van der Waals surface area contributed by atoms with Gasteiger partial charge in [-0.15, -0.1) is 0 Å². The molecule has 1 N–H and O–H groups in total. The summed E-state index contributed by atoms with van der Waals surface area (Å²) in [4.78, 5) is 12.7. The number of amides is 1. The van der Waals surface area contributed by atoms with Gasteiger partial charge >= 0.3 is 0 Å². The van der Waals surface area contributed by atoms with Crippen LogP contribution in [0.25, 0.3) is 22.2 Å². The Hall–Kier alpha value is -2.33. The van der Waals surface area contributed by atoms with Crippen LogP contribution in [0.5, 0.6) is 0 Å². The molecule has 2 atom stereocenters. The van der Waals surface area contributed by atoms with Crippen LogP contribution in [0.4, 0.5) is 0 Å². The van der Waals surface area contributed by atoms with Crippen LogP contribution >= 0.6 is 11.6 Å². The topological polar surface area (TPSA) is 46.9 Å². The lowest BCUT2D eigenvalue weighted by molar-refractivity contribution is -0.123. The summed E-state index contributed by atoms with van der Waals surface area (Å²) >= 11 is 6.22. The first-order valence-corrected chi connectivity index (χ1v) is 10.0. The minimum absolute atomic E-state index is 0.0210. The third-order valence-corrected chi connectivity index (χ3v) is 5.75. The number of aromatic nitrogens is 2. The summed E-state index contributed by atoms with van der Waals surface area (Å²) in [5.41, 5.74) is 2.79. The van der Waals surface area contributed by atoms with Crippen molar-refractivity contribution in [1.82, 2.24) is 15.1 Å². The average molecular weight is 382 g/mol. The van der Waals surface area contributed by atoms with E-state index in [-0.39, 0.29) is 18.5 Å². The largest absolute Gasteiger partial charge is 0.351 e. The smallest absolute Gasteiger partial charge is 0.241 e. The van der Waals surface area contributed by atoms with Gasteiger partial charge in [-0.05, 0) is 37.0 Å². The molecule has 1 fully saturated rings. The maximum Gasteiger partial charge on any atom is 0.241 e. The zero-order chi connectivity index (χ0) is 18.8. The zero-order valence-corrected chi connectivity index (χ0v) is 16.2. The molecule has 0 unspecified atom stereocenters. The first-order valence-electron chi connectivity index (χ1n) is 9.62. The lowest BCUT2D eigenvalue weighted by Crippen LogP contribution is -2.42. The van der Waals surface area contributed by atoms with Crippen molar-refractivity contribution in [1.29, 1.82) is 0 Å². The fourth-order valence-electron chi connectivity index (χ4n) is 4.00. The van der Waals surface area contributed by atoms with Gasteiger partial charge in [-0.2, -0.15) is 5.10 Å². The van der Waals surface area contributed by atoms with E-state index in [1.807, 2.05) is 48.5 Å². The Morgan fingerprint density at radius 2 is 1.96 bits per heavy atom. The number of halogens is 1. The second-order valence-electron chi connectivity index (χ2n) is 7.47. The highest BCUT2D eigenvalue weighted by molar-refractivity contribution is 6.31. The van der Waals surface area contributed by atoms with E-state index in [0.29, 0.717) is 10.9 Å². The van der Waals surface area contributed by atoms with Crippen LogP contribution in [0.3, 0.4) is 0 Å². The Labute approximate surface area is 164 Å². The van der Waals surface area contributed by atoms with Gasteiger partial charge in [0.05, 0.1) is 5.52 Å². The highest BCUT2D eigenvalue weighted by Crippen LogP contribution is 2.30. The zero-order valence-electron chi connectivity index (χ0n) is 15.5. The van der Waals surface area contributed by atoms with Crippen LogP contribution in [0, 0.1) is 5.92 Å². The monoisotopic (exact) mass is 381 g/mol. The Bertz CT molecular complexity index is 951. The summed E-state index contributed by atoms with van der Waals surface area (Å²) in [6.07, 6.45) is 4.71. The lowest BCUT2D eigenvalue weighted by atomic mass is 9.86. The first-order chi connectivity index (χ1) is 13.1. The van der Waals surface area contributed by atoms with Crippen LogP contribution in [0.2, 0.25) is 5.02 Å². The van der Waals surface area contributed by atoms with Crippen molar-refractivity contribution in [2.24, 2.45) is 5.92 Å². The van der Waals surface area contributed by atoms with Gasteiger partial charge in [-0.25, -0.2) is 0 Å². The molecule has 0 spiro atoms. The SMILES string of the molecule is C[C@H]1CCCC[C@@H]1NC(=O)Cn1nc(-c2ccccc2)c2cc(Cl)ccc21. The van der Waals surface area contributed by atoms with E-state index in [1.54, 1.807) is 4.68 Å². The van der Waals surface area contributed by atoms with Gasteiger partial charge in [0.1, 0.15) is 12.2 Å². The van der Waals surface area contributed by atoms with E-state index < -0.39 is 0 Å². The molecule has 0 saturated heterocycles. The Kier molecular flexibility index (Phi) is 5.17. The standard InChI is InChI=1S/C22H24ClN3O/c1-15-7-5-6-10-19(15)24-21(27)14-26-20-12-11-17(23)13-18(20)22(25-26)16-8-3-2-4-9-16/h2-4,8-9,11-13,15,19H,5-7,10,14H2,1H3,(H,24,27)/t15-,19-/m0/s1. The fraction of sp³-hybridized carbons (Fsp3) is 0.364. The Balaban J connectivity index is 1.63. The summed E-state index contributed by atoms with van der Waals surface area (Å²) in [5, 5.41) is 9.60. The van der Waals surface area contributed by atoms with Gasteiger partial charge in [0, 0.05) is 22.0 Å². The van der Waals surface area contributed by atoms with Gasteiger partial charge in [0.2, 0.25) is 5.91 Å². The molecule has 0 bridgehead atoms. The van der Waals surface area contributed by atoms with E-state index in [2.05, 4.69) is 12.2 Å². The summed E-state index contributed by atoms with van der Waals surface area (Å²) < 4.78 is 1.79. The predicted molar refractivity (Wildman–Crippen MR) is 110 cm³/mol. The van der Waals surface area contributed by atoms with E-state index in [0.717, 1.165) is 28.6 Å². The molecule has 27 heavy (non-hydrogen) atoms. The van der Waals surface area contributed by atoms with E-state index >= 15 is 0 Å². The molecule has 1 amide bonds. The van der Waals surface area contributed by atoms with E-state index in [1.165, 1.54) is 19.3 Å². The maximum atomic E-state index is 12.7. The van der Waals surface area contributed by atoms with Crippen molar-refractivity contribution >= 4 is 28.4 Å². The second-order valence-corrected chi connectivity index (χ2v) is 7.91. The molecule has 140 valence electrons. The summed E-state index contributed by atoms with van der Waals surface area (Å²) in [5.74, 6) is 0.559.